The topological polar surface area (TPSA) is 45.4 Å². The minimum absolute atomic E-state index is 0.318. The number of nitrogens with one attached hydrogen (secondary N) is 1. The van der Waals surface area contributed by atoms with Crippen molar-refractivity contribution in [3.05, 3.63) is 45.4 Å². The third-order valence-electron chi connectivity index (χ3n) is 2.29. The van der Waals surface area contributed by atoms with Gasteiger partial charge in [0.15, 0.2) is 3.77 Å². The number of hydrogen-bond acceptors (Lipinski definition) is 3. The SMILES string of the molecule is Cc1cc(NCc2ccc(I)o2)ccc1O. The van der Waals surface area contributed by atoms with Gasteiger partial charge < -0.3 is 14.8 Å². The summed E-state index contributed by atoms with van der Waals surface area (Å²) in [6, 6.07) is 9.31. The molecule has 16 heavy (non-hydrogen) atoms. The molecular weight excluding hydrogens is 317 g/mol. The highest BCUT2D eigenvalue weighted by molar-refractivity contribution is 14.1. The summed E-state index contributed by atoms with van der Waals surface area (Å²) in [6.07, 6.45) is 0. The second-order valence-electron chi connectivity index (χ2n) is 3.56. The number of benzene rings is 1. The van der Waals surface area contributed by atoms with Gasteiger partial charge in [0.2, 0.25) is 0 Å². The fraction of sp³-hybridized carbons (Fsp3) is 0.167. The quantitative estimate of drug-likeness (QED) is 0.669. The molecule has 0 spiro atoms. The number of phenols is 1. The van der Waals surface area contributed by atoms with Crippen LogP contribution in [0.5, 0.6) is 5.75 Å². The van der Waals surface area contributed by atoms with Gasteiger partial charge in [-0.25, -0.2) is 0 Å². The molecule has 0 atom stereocenters. The van der Waals surface area contributed by atoms with Crippen molar-refractivity contribution in [3.8, 4) is 5.75 Å². The van der Waals surface area contributed by atoms with Gasteiger partial charge in [-0.1, -0.05) is 0 Å². The van der Waals surface area contributed by atoms with Crippen molar-refractivity contribution in [2.45, 2.75) is 13.5 Å². The average molecular weight is 329 g/mol. The van der Waals surface area contributed by atoms with Gasteiger partial charge in [0.05, 0.1) is 6.54 Å². The van der Waals surface area contributed by atoms with E-state index in [1.54, 1.807) is 6.07 Å². The van der Waals surface area contributed by atoms with E-state index in [1.165, 1.54) is 0 Å². The van der Waals surface area contributed by atoms with E-state index in [0.717, 1.165) is 20.8 Å². The molecular formula is C12H12INO2. The molecule has 2 rings (SSSR count). The predicted molar refractivity (Wildman–Crippen MR) is 71.6 cm³/mol. The minimum atomic E-state index is 0.318. The smallest absolute Gasteiger partial charge is 0.164 e. The Hall–Kier alpha value is -1.17. The molecule has 0 saturated heterocycles. The lowest BCUT2D eigenvalue weighted by molar-refractivity contribution is 0.471. The first kappa shape index (κ1) is 11.3. The highest BCUT2D eigenvalue weighted by atomic mass is 127. The Morgan fingerprint density at radius 3 is 2.75 bits per heavy atom. The second kappa shape index (κ2) is 4.78. The maximum Gasteiger partial charge on any atom is 0.164 e. The minimum Gasteiger partial charge on any atom is -0.508 e. The van der Waals surface area contributed by atoms with Gasteiger partial charge in [-0.15, -0.1) is 0 Å². The molecule has 0 aliphatic carbocycles. The maximum atomic E-state index is 9.39. The Bertz CT molecular complexity index is 494. The normalized spacial score (nSPS) is 10.4. The zero-order valence-electron chi connectivity index (χ0n) is 8.83. The van der Waals surface area contributed by atoms with Crippen LogP contribution in [0.2, 0.25) is 0 Å². The largest absolute Gasteiger partial charge is 0.508 e. The van der Waals surface area contributed by atoms with Crippen LogP contribution in [0, 0.1) is 10.7 Å². The number of aryl methyl sites for hydroxylation is 1. The summed E-state index contributed by atoms with van der Waals surface area (Å²) in [4.78, 5) is 0. The molecule has 0 aliphatic rings. The van der Waals surface area contributed by atoms with Crippen LogP contribution in [0.4, 0.5) is 5.69 Å². The molecule has 1 heterocycles. The molecule has 84 valence electrons. The number of rotatable bonds is 3. The lowest BCUT2D eigenvalue weighted by Crippen LogP contribution is -1.98. The standard InChI is InChI=1S/C12H12INO2/c1-8-6-9(2-4-11(8)15)14-7-10-3-5-12(13)16-10/h2-6,14-15H,7H2,1H3. The van der Waals surface area contributed by atoms with Crippen LogP contribution in [0.3, 0.4) is 0 Å². The van der Waals surface area contributed by atoms with Crippen LogP contribution < -0.4 is 5.32 Å². The van der Waals surface area contributed by atoms with Crippen LogP contribution in [0.25, 0.3) is 0 Å². The van der Waals surface area contributed by atoms with Crippen LogP contribution >= 0.6 is 22.6 Å². The zero-order chi connectivity index (χ0) is 11.5. The van der Waals surface area contributed by atoms with E-state index in [0.29, 0.717) is 12.3 Å². The fourth-order valence-electron chi connectivity index (χ4n) is 1.40. The highest BCUT2D eigenvalue weighted by Crippen LogP contribution is 2.20. The van der Waals surface area contributed by atoms with E-state index in [4.69, 9.17) is 4.42 Å². The Kier molecular flexibility index (Phi) is 3.38. The first-order chi connectivity index (χ1) is 7.65. The number of anilines is 1. The van der Waals surface area contributed by atoms with Gasteiger partial charge in [-0.3, -0.25) is 0 Å². The molecule has 2 aromatic rings. The van der Waals surface area contributed by atoms with Crippen molar-refractivity contribution in [3.63, 3.8) is 0 Å². The van der Waals surface area contributed by atoms with Gasteiger partial charge in [-0.2, -0.15) is 0 Å². The van der Waals surface area contributed by atoms with Crippen LogP contribution in [-0.2, 0) is 6.54 Å². The third-order valence-corrected chi connectivity index (χ3v) is 2.87. The predicted octanol–water partition coefficient (Wildman–Crippen LogP) is 3.51. The van der Waals surface area contributed by atoms with E-state index < -0.39 is 0 Å². The molecule has 0 radical (unpaired) electrons. The average Bonchev–Trinajstić information content (AvgIpc) is 2.66. The van der Waals surface area contributed by atoms with E-state index in [9.17, 15) is 5.11 Å². The van der Waals surface area contributed by atoms with Crippen molar-refractivity contribution in [2.75, 3.05) is 5.32 Å². The van der Waals surface area contributed by atoms with Crippen molar-refractivity contribution >= 4 is 28.3 Å². The zero-order valence-corrected chi connectivity index (χ0v) is 11.0. The second-order valence-corrected chi connectivity index (χ2v) is 4.62. The van der Waals surface area contributed by atoms with Gasteiger partial charge in [0, 0.05) is 5.69 Å². The summed E-state index contributed by atoms with van der Waals surface area (Å²) >= 11 is 2.14. The molecule has 1 aromatic carbocycles. The molecule has 0 unspecified atom stereocenters. The van der Waals surface area contributed by atoms with Crippen molar-refractivity contribution < 1.29 is 9.52 Å². The summed E-state index contributed by atoms with van der Waals surface area (Å²) in [5, 5.41) is 12.6. The number of hydrogen-bond donors (Lipinski definition) is 2. The fourth-order valence-corrected chi connectivity index (χ4v) is 1.86. The Balaban J connectivity index is 2.02. The number of phenolic OH excluding ortho intramolecular Hbond substituents is 1. The summed E-state index contributed by atoms with van der Waals surface area (Å²) in [6.45, 7) is 2.52. The van der Waals surface area contributed by atoms with Gasteiger partial charge in [0.1, 0.15) is 11.5 Å². The van der Waals surface area contributed by atoms with Crippen LogP contribution in [-0.4, -0.2) is 5.11 Å². The molecule has 0 fully saturated rings. The highest BCUT2D eigenvalue weighted by Gasteiger charge is 2.01. The Morgan fingerprint density at radius 1 is 1.31 bits per heavy atom. The summed E-state index contributed by atoms with van der Waals surface area (Å²) < 4.78 is 6.32. The van der Waals surface area contributed by atoms with Gasteiger partial charge in [-0.05, 0) is 65.4 Å². The third kappa shape index (κ3) is 2.69. The molecule has 0 amide bonds. The lowest BCUT2D eigenvalue weighted by atomic mass is 10.2. The number of furan rings is 1. The van der Waals surface area contributed by atoms with Gasteiger partial charge >= 0.3 is 0 Å². The van der Waals surface area contributed by atoms with E-state index in [2.05, 4.69) is 27.9 Å². The van der Waals surface area contributed by atoms with Crippen molar-refractivity contribution in [1.82, 2.24) is 0 Å². The maximum absolute atomic E-state index is 9.39. The van der Waals surface area contributed by atoms with Gasteiger partial charge in [0.25, 0.3) is 0 Å². The summed E-state index contributed by atoms with van der Waals surface area (Å²) in [5.74, 6) is 1.22. The van der Waals surface area contributed by atoms with E-state index in [1.807, 2.05) is 31.2 Å². The molecule has 0 bridgehead atoms. The molecule has 0 aliphatic heterocycles. The molecule has 1 aromatic heterocycles. The number of aromatic hydroxyl groups is 1. The van der Waals surface area contributed by atoms with Crippen LogP contribution in [0.1, 0.15) is 11.3 Å². The Labute approximate surface area is 108 Å². The van der Waals surface area contributed by atoms with Crippen molar-refractivity contribution in [2.24, 2.45) is 0 Å². The van der Waals surface area contributed by atoms with E-state index >= 15 is 0 Å². The monoisotopic (exact) mass is 329 g/mol. The molecule has 0 saturated carbocycles. The van der Waals surface area contributed by atoms with E-state index in [-0.39, 0.29) is 0 Å². The first-order valence-corrected chi connectivity index (χ1v) is 6.01. The number of halogens is 1. The first-order valence-electron chi connectivity index (χ1n) is 4.93. The molecule has 2 N–H and O–H groups in total. The Morgan fingerprint density at radius 2 is 2.12 bits per heavy atom. The van der Waals surface area contributed by atoms with Crippen molar-refractivity contribution in [1.29, 1.82) is 0 Å². The lowest BCUT2D eigenvalue weighted by Gasteiger charge is -2.06. The summed E-state index contributed by atoms with van der Waals surface area (Å²) in [5.41, 5.74) is 1.83. The molecule has 4 heteroatoms. The molecule has 3 nitrogen and oxygen atoms in total. The van der Waals surface area contributed by atoms with Crippen LogP contribution in [0.15, 0.2) is 34.7 Å². The summed E-state index contributed by atoms with van der Waals surface area (Å²) in [7, 11) is 0.